The highest BCUT2D eigenvalue weighted by Gasteiger charge is 2.21. The number of hydrogen-bond donors (Lipinski definition) is 0. The molecule has 0 fully saturated rings. The van der Waals surface area contributed by atoms with Gasteiger partial charge in [0.1, 0.15) is 11.5 Å². The lowest BCUT2D eigenvalue weighted by Crippen LogP contribution is -1.97. The van der Waals surface area contributed by atoms with Gasteiger partial charge in [-0.05, 0) is 83.6 Å². The van der Waals surface area contributed by atoms with Gasteiger partial charge in [-0.1, -0.05) is 127 Å². The number of ether oxygens (including phenoxy) is 1. The second kappa shape index (κ2) is 8.55. The Bertz CT molecular complexity index is 3650. The van der Waals surface area contributed by atoms with Crippen LogP contribution in [0.3, 0.4) is 0 Å². The van der Waals surface area contributed by atoms with Gasteiger partial charge >= 0.3 is 0 Å². The van der Waals surface area contributed by atoms with Crippen molar-refractivity contribution in [3.05, 3.63) is 145 Å². The molecule has 0 aromatic heterocycles. The normalized spacial score (nSPS) is 20.3. The molecule has 0 bridgehead atoms. The number of rotatable bonds is 2. The summed E-state index contributed by atoms with van der Waals surface area (Å²) in [6, 6.07) is -20.1. The van der Waals surface area contributed by atoms with E-state index in [1.807, 2.05) is 0 Å². The zero-order chi connectivity index (χ0) is 47.8. The van der Waals surface area contributed by atoms with E-state index in [1.54, 1.807) is 0 Å². The first kappa shape index (κ1) is 9.33. The zero-order valence-electron chi connectivity index (χ0n) is 44.4. The van der Waals surface area contributed by atoms with Crippen molar-refractivity contribution in [3.63, 3.8) is 0 Å². The summed E-state index contributed by atoms with van der Waals surface area (Å²) in [4.78, 5) is 0. The first-order valence-corrected chi connectivity index (χ1v) is 12.2. The van der Waals surface area contributed by atoms with Crippen LogP contribution in [-0.4, -0.2) is 0 Å². The molecule has 0 saturated heterocycles. The molecule has 1 heterocycles. The summed E-state index contributed by atoms with van der Waals surface area (Å²) >= 11 is 0. The van der Waals surface area contributed by atoms with Crippen LogP contribution in [0.2, 0.25) is 0 Å². The summed E-state index contributed by atoms with van der Waals surface area (Å²) in [6.07, 6.45) is 0. The quantitative estimate of drug-likeness (QED) is 0.155. The van der Waals surface area contributed by atoms with E-state index in [2.05, 4.69) is 0 Å². The molecule has 0 N–H and O–H groups in total. The van der Waals surface area contributed by atoms with Crippen LogP contribution < -0.4 is 4.74 Å². The molecule has 8 aromatic rings. The van der Waals surface area contributed by atoms with Crippen molar-refractivity contribution in [3.8, 4) is 44.9 Å². The predicted octanol–water partition coefficient (Wildman–Crippen LogP) is 11.4. The van der Waals surface area contributed by atoms with Gasteiger partial charge < -0.3 is 4.74 Å². The maximum Gasteiger partial charge on any atom is 0.135 e. The Morgan fingerprint density at radius 2 is 1.10 bits per heavy atom. The topological polar surface area (TPSA) is 9.23 Å². The average molecular weight is 545 g/mol. The number of para-hydroxylation sites is 1. The van der Waals surface area contributed by atoms with Crippen molar-refractivity contribution in [2.24, 2.45) is 0 Å². The number of hydrogen-bond acceptors (Lipinski definition) is 1. The summed E-state index contributed by atoms with van der Waals surface area (Å²) in [5, 5.41) is -4.20. The fourth-order valence-electron chi connectivity index (χ4n) is 5.05. The van der Waals surface area contributed by atoms with Gasteiger partial charge in [0.05, 0.1) is 32.9 Å². The van der Waals surface area contributed by atoms with Crippen LogP contribution in [0.4, 0.5) is 0 Å². The Labute approximate surface area is 271 Å². The van der Waals surface area contributed by atoms with Crippen molar-refractivity contribution in [2.75, 3.05) is 0 Å². The average Bonchev–Trinajstić information content (AvgIpc) is 3.27. The lowest BCUT2D eigenvalue weighted by atomic mass is 9.88. The molecule has 0 aliphatic carbocycles. The van der Waals surface area contributed by atoms with E-state index in [-0.39, 0.29) is 5.39 Å². The molecule has 41 heavy (non-hydrogen) atoms. The minimum atomic E-state index is -1.02. The number of fused-ring (bicyclic) bond motifs is 6. The van der Waals surface area contributed by atoms with Crippen LogP contribution in [0.5, 0.6) is 11.5 Å². The van der Waals surface area contributed by atoms with Gasteiger partial charge in [0.25, 0.3) is 0 Å². The van der Waals surface area contributed by atoms with Crippen molar-refractivity contribution < 1.29 is 37.6 Å². The minimum Gasteiger partial charge on any atom is -0.456 e. The van der Waals surface area contributed by atoms with E-state index in [0.717, 1.165) is 0 Å². The van der Waals surface area contributed by atoms with E-state index in [0.29, 0.717) is 0 Å². The lowest BCUT2D eigenvalue weighted by Gasteiger charge is -2.22. The third kappa shape index (κ3) is 3.30. The van der Waals surface area contributed by atoms with Gasteiger partial charge in [-0.3, -0.25) is 0 Å². The first-order chi connectivity index (χ1) is 30.3. The molecule has 1 heteroatoms. The molecule has 0 radical (unpaired) electrons. The molecule has 1 aliphatic rings. The van der Waals surface area contributed by atoms with Crippen molar-refractivity contribution in [1.29, 1.82) is 0 Å². The molecule has 0 saturated carbocycles. The summed E-state index contributed by atoms with van der Waals surface area (Å²) in [5.41, 5.74) is -3.63. The SMILES string of the molecule is [2H]c1c([2H])c([2H])c2c(c1[2H])Oc1c([2H])c([2H])c(-c3c([2H])c([2H])c(-c4c5c([2H])c([2H])c([2H])c([2H])c5c([2H])c5c4c([2H])c([2H])c4c([2H])c([2H])c([2H])c([2H])c45)c([2H])c3[2H])c3c([2H])c([2H])c([2H])c-2c13. The highest BCUT2D eigenvalue weighted by molar-refractivity contribution is 6.20. The van der Waals surface area contributed by atoms with E-state index >= 15 is 0 Å². The fraction of sp³-hybridized carbons (Fsp3) is 0. The highest BCUT2D eigenvalue weighted by atomic mass is 16.5. The highest BCUT2D eigenvalue weighted by Crippen LogP contribution is 2.48. The third-order valence-electron chi connectivity index (χ3n) is 6.82. The van der Waals surface area contributed by atoms with E-state index in [9.17, 15) is 9.60 Å². The zero-order valence-corrected chi connectivity index (χ0v) is 20.4. The Hall–Kier alpha value is -5.40. The van der Waals surface area contributed by atoms with Crippen molar-refractivity contribution >= 4 is 43.1 Å². The van der Waals surface area contributed by atoms with Gasteiger partial charge in [-0.25, -0.2) is 0 Å². The second-order valence-electron chi connectivity index (χ2n) is 9.01. The summed E-state index contributed by atoms with van der Waals surface area (Å²) in [7, 11) is 0. The molecule has 8 aromatic carbocycles. The molecule has 0 atom stereocenters. The monoisotopic (exact) mass is 544 g/mol. The maximum absolute atomic E-state index is 9.51. The van der Waals surface area contributed by atoms with E-state index in [4.69, 9.17) is 28.0 Å². The predicted molar refractivity (Wildman–Crippen MR) is 173 cm³/mol. The Morgan fingerprint density at radius 3 is 2.00 bits per heavy atom. The molecule has 0 amide bonds. The molecule has 1 aliphatic heterocycles. The molecule has 9 rings (SSSR count). The van der Waals surface area contributed by atoms with Crippen LogP contribution in [-0.2, 0) is 0 Å². The molecule has 0 unspecified atom stereocenters. The summed E-state index contributed by atoms with van der Waals surface area (Å²) < 4.78 is 219. The van der Waals surface area contributed by atoms with Crippen LogP contribution in [0.25, 0.3) is 76.5 Å². The van der Waals surface area contributed by atoms with E-state index in [1.165, 1.54) is 0 Å². The third-order valence-corrected chi connectivity index (χ3v) is 6.82. The fourth-order valence-corrected chi connectivity index (χ4v) is 5.05. The summed E-state index contributed by atoms with van der Waals surface area (Å²) in [6.45, 7) is 0. The molecular formula is C40H24O. The molecule has 0 spiro atoms. The van der Waals surface area contributed by atoms with Crippen LogP contribution in [0, 0.1) is 0 Å². The maximum atomic E-state index is 9.51. The first-order valence-electron chi connectivity index (χ1n) is 24.2. The van der Waals surface area contributed by atoms with Crippen LogP contribution in [0.15, 0.2) is 145 Å². The van der Waals surface area contributed by atoms with Crippen LogP contribution >= 0.6 is 0 Å². The van der Waals surface area contributed by atoms with Crippen LogP contribution in [0.1, 0.15) is 32.9 Å². The summed E-state index contributed by atoms with van der Waals surface area (Å²) in [5.74, 6) is -1.09. The Balaban J connectivity index is 1.51. The minimum absolute atomic E-state index is 0.372. The van der Waals surface area contributed by atoms with E-state index < -0.39 is 228 Å². The molecule has 1 nitrogen and oxygen atoms in total. The van der Waals surface area contributed by atoms with Crippen molar-refractivity contribution in [1.82, 2.24) is 0 Å². The van der Waals surface area contributed by atoms with Crippen molar-refractivity contribution in [2.45, 2.75) is 0 Å². The van der Waals surface area contributed by atoms with Gasteiger partial charge in [0, 0.05) is 10.9 Å². The van der Waals surface area contributed by atoms with Gasteiger partial charge in [0.2, 0.25) is 0 Å². The van der Waals surface area contributed by atoms with Gasteiger partial charge in [-0.15, -0.1) is 0 Å². The Morgan fingerprint density at radius 1 is 0.390 bits per heavy atom. The molecular weight excluding hydrogens is 496 g/mol. The standard InChI is InChI=1S/C40H24O/c1-3-10-29-25(8-1)20-21-35-36(29)24-28-9-2-4-11-31(28)39(35)27-18-16-26(17-19-27)30-22-23-38-40-33(30)13-7-14-34(40)32-12-5-6-15-37(32)41-38/h1-24H/i1D,2D,3D,4D,5D,6D,7D,8D,9D,10D,11D,12D,13D,14D,15D,16D,17D,18D,19D,20D,21D,22D,23D,24D. The number of benzene rings is 8. The smallest absolute Gasteiger partial charge is 0.135 e. The largest absolute Gasteiger partial charge is 0.456 e. The van der Waals surface area contributed by atoms with Gasteiger partial charge in [0.15, 0.2) is 0 Å². The Kier molecular flexibility index (Phi) is 1.94. The second-order valence-corrected chi connectivity index (χ2v) is 9.01. The lowest BCUT2D eigenvalue weighted by molar-refractivity contribution is 0.487. The van der Waals surface area contributed by atoms with Gasteiger partial charge in [-0.2, -0.15) is 0 Å². The molecule has 190 valence electrons.